The predicted octanol–water partition coefficient (Wildman–Crippen LogP) is 5.20. The van der Waals surface area contributed by atoms with Crippen molar-refractivity contribution in [2.24, 2.45) is 0 Å². The standard InChI is InChI=1S/C19H24AsBrNO4/c1-6-25-17(23)15-10-13-8-7-9-14(21)16(13)22(15)12(2)11-20-18(24)26-19(3,4)5/h7-10,12H,6,11H2,1-5H3. The first-order valence-corrected chi connectivity index (χ1v) is 11.6. The molecule has 0 saturated heterocycles. The summed E-state index contributed by atoms with van der Waals surface area (Å²) in [4.78, 5) is 24.5. The summed E-state index contributed by atoms with van der Waals surface area (Å²) >= 11 is 2.93. The number of aromatic nitrogens is 1. The number of para-hydroxylation sites is 1. The molecule has 1 atom stereocenters. The Labute approximate surface area is 169 Å². The van der Waals surface area contributed by atoms with E-state index in [1.54, 1.807) is 6.92 Å². The first kappa shape index (κ1) is 21.0. The van der Waals surface area contributed by atoms with Gasteiger partial charge >= 0.3 is 169 Å². The van der Waals surface area contributed by atoms with Gasteiger partial charge in [-0.15, -0.1) is 0 Å². The van der Waals surface area contributed by atoms with E-state index >= 15 is 0 Å². The molecule has 26 heavy (non-hydrogen) atoms. The van der Waals surface area contributed by atoms with E-state index in [0.717, 1.165) is 15.4 Å². The zero-order valence-electron chi connectivity index (χ0n) is 15.7. The molecule has 2 rings (SSSR count). The van der Waals surface area contributed by atoms with Crippen molar-refractivity contribution >= 4 is 53.3 Å². The van der Waals surface area contributed by atoms with Crippen LogP contribution in [0.1, 0.15) is 51.1 Å². The Morgan fingerprint density at radius 1 is 1.31 bits per heavy atom. The van der Waals surface area contributed by atoms with Crippen LogP contribution in [0.25, 0.3) is 10.9 Å². The molecular weight excluding hydrogens is 461 g/mol. The normalized spacial score (nSPS) is 13.3. The summed E-state index contributed by atoms with van der Waals surface area (Å²) in [6.45, 7) is 9.72. The second-order valence-corrected chi connectivity index (χ2v) is 10.0. The van der Waals surface area contributed by atoms with Gasteiger partial charge in [-0.2, -0.15) is 0 Å². The molecule has 0 aliphatic heterocycles. The van der Waals surface area contributed by atoms with Gasteiger partial charge in [-0.05, 0) is 0 Å². The maximum absolute atomic E-state index is 12.4. The number of carbonyl (C=O) groups excluding carboxylic acids is 2. The minimum absolute atomic E-state index is 0.0295. The van der Waals surface area contributed by atoms with Gasteiger partial charge in [-0.25, -0.2) is 0 Å². The number of halogens is 1. The third-order valence-corrected chi connectivity index (χ3v) is 6.48. The van der Waals surface area contributed by atoms with Crippen LogP contribution in [0.4, 0.5) is 4.79 Å². The van der Waals surface area contributed by atoms with Gasteiger partial charge < -0.3 is 0 Å². The molecule has 0 aliphatic rings. The van der Waals surface area contributed by atoms with E-state index in [9.17, 15) is 9.59 Å². The fourth-order valence-corrected chi connectivity index (χ4v) is 5.13. The molecule has 0 saturated carbocycles. The van der Waals surface area contributed by atoms with Crippen LogP contribution in [0.3, 0.4) is 0 Å². The van der Waals surface area contributed by atoms with Crippen LogP contribution in [-0.2, 0) is 9.47 Å². The number of nitrogens with zero attached hydrogens (tertiary/aromatic N) is 1. The van der Waals surface area contributed by atoms with Crippen molar-refractivity contribution in [3.05, 3.63) is 34.4 Å². The predicted molar refractivity (Wildman–Crippen MR) is 107 cm³/mol. The van der Waals surface area contributed by atoms with Crippen molar-refractivity contribution in [1.82, 2.24) is 4.57 Å². The van der Waals surface area contributed by atoms with E-state index in [-0.39, 0.29) is 16.8 Å². The van der Waals surface area contributed by atoms with Crippen molar-refractivity contribution in [2.75, 3.05) is 6.61 Å². The molecule has 7 heteroatoms. The molecule has 0 N–H and O–H groups in total. The third kappa shape index (κ3) is 5.14. The molecule has 141 valence electrons. The number of esters is 1. The fraction of sp³-hybridized carbons (Fsp3) is 0.474. The number of benzene rings is 1. The van der Waals surface area contributed by atoms with Crippen molar-refractivity contribution in [2.45, 2.75) is 51.5 Å². The molecule has 1 aromatic heterocycles. The zero-order valence-corrected chi connectivity index (χ0v) is 19.2. The second-order valence-electron chi connectivity index (χ2n) is 6.97. The van der Waals surface area contributed by atoms with Crippen molar-refractivity contribution in [1.29, 1.82) is 0 Å². The third-order valence-electron chi connectivity index (χ3n) is 3.61. The Morgan fingerprint density at radius 3 is 2.62 bits per heavy atom. The van der Waals surface area contributed by atoms with E-state index < -0.39 is 21.4 Å². The zero-order chi connectivity index (χ0) is 19.5. The van der Waals surface area contributed by atoms with Gasteiger partial charge in [0, 0.05) is 0 Å². The Morgan fingerprint density at radius 2 is 2.00 bits per heavy atom. The van der Waals surface area contributed by atoms with E-state index in [2.05, 4.69) is 15.9 Å². The topological polar surface area (TPSA) is 57.5 Å². The van der Waals surface area contributed by atoms with Gasteiger partial charge in [-0.3, -0.25) is 0 Å². The van der Waals surface area contributed by atoms with E-state index in [1.807, 2.05) is 56.5 Å². The molecule has 1 unspecified atom stereocenters. The molecule has 0 aliphatic carbocycles. The number of fused-ring (bicyclic) bond motifs is 1. The summed E-state index contributed by atoms with van der Waals surface area (Å²) in [5.74, 6) is -0.351. The first-order chi connectivity index (χ1) is 12.1. The SMILES string of the molecule is CCOC(=O)c1cc2cccc(Br)c2n1C(C)C[As]C(=O)OC(C)(C)C. The van der Waals surface area contributed by atoms with Crippen LogP contribution in [-0.4, -0.2) is 43.3 Å². The maximum atomic E-state index is 12.4. The number of ether oxygens (including phenoxy) is 2. The van der Waals surface area contributed by atoms with Crippen LogP contribution in [0, 0.1) is 0 Å². The Bertz CT molecular complexity index is 810. The van der Waals surface area contributed by atoms with Crippen molar-refractivity contribution in [3.63, 3.8) is 0 Å². The molecule has 1 aromatic carbocycles. The summed E-state index contributed by atoms with van der Waals surface area (Å²) in [5.41, 5.74) is 0.968. The molecule has 1 heterocycles. The molecule has 0 amide bonds. The Kier molecular flexibility index (Phi) is 6.98. The quantitative estimate of drug-likeness (QED) is 0.417. The minimum atomic E-state index is -0.647. The molecule has 1 radical (unpaired) electrons. The monoisotopic (exact) mass is 484 g/mol. The summed E-state index contributed by atoms with van der Waals surface area (Å²) < 4.78 is 13.4. The van der Waals surface area contributed by atoms with Crippen molar-refractivity contribution < 1.29 is 19.1 Å². The van der Waals surface area contributed by atoms with Crippen LogP contribution in [0.5, 0.6) is 0 Å². The van der Waals surface area contributed by atoms with Gasteiger partial charge in [0.1, 0.15) is 0 Å². The van der Waals surface area contributed by atoms with E-state index in [0.29, 0.717) is 17.5 Å². The number of rotatable bonds is 6. The van der Waals surface area contributed by atoms with Crippen LogP contribution >= 0.6 is 15.9 Å². The average Bonchev–Trinajstić information content (AvgIpc) is 2.92. The average molecular weight is 485 g/mol. The fourth-order valence-electron chi connectivity index (χ4n) is 2.64. The van der Waals surface area contributed by atoms with Gasteiger partial charge in [0.05, 0.1) is 0 Å². The molecule has 2 aromatic rings. The van der Waals surface area contributed by atoms with Crippen LogP contribution < -0.4 is 0 Å². The van der Waals surface area contributed by atoms with Gasteiger partial charge in [-0.1, -0.05) is 0 Å². The summed E-state index contributed by atoms with van der Waals surface area (Å²) in [7, 11) is 0. The van der Waals surface area contributed by atoms with Crippen LogP contribution in [0.2, 0.25) is 5.21 Å². The number of hydrogen-bond acceptors (Lipinski definition) is 4. The first-order valence-electron chi connectivity index (χ1n) is 8.51. The van der Waals surface area contributed by atoms with Crippen molar-refractivity contribution in [3.8, 4) is 0 Å². The summed E-state index contributed by atoms with van der Waals surface area (Å²) in [6, 6.07) is 7.66. The van der Waals surface area contributed by atoms with Gasteiger partial charge in [0.15, 0.2) is 0 Å². The molecule has 5 nitrogen and oxygen atoms in total. The Balaban J connectivity index is 2.32. The second kappa shape index (κ2) is 8.62. The van der Waals surface area contributed by atoms with E-state index in [1.165, 1.54) is 0 Å². The molecular formula is C19H24AsBrNO4. The molecule has 0 fully saturated rings. The number of hydrogen-bond donors (Lipinski definition) is 0. The summed E-state index contributed by atoms with van der Waals surface area (Å²) in [5, 5.41) is 1.62. The molecule has 0 spiro atoms. The summed E-state index contributed by atoms with van der Waals surface area (Å²) in [6.07, 6.45) is 0. The Hall–Kier alpha value is -1.26. The van der Waals surface area contributed by atoms with Gasteiger partial charge in [0.25, 0.3) is 0 Å². The van der Waals surface area contributed by atoms with Gasteiger partial charge in [0.2, 0.25) is 0 Å². The number of carbonyl (C=O) groups is 2. The van der Waals surface area contributed by atoms with Crippen LogP contribution in [0.15, 0.2) is 28.7 Å². The molecule has 0 bridgehead atoms. The van der Waals surface area contributed by atoms with E-state index in [4.69, 9.17) is 9.47 Å².